The summed E-state index contributed by atoms with van der Waals surface area (Å²) in [5, 5.41) is 0. The first-order valence-electron chi connectivity index (χ1n) is 5.23. The molecule has 0 aromatic rings. The maximum Gasteiger partial charge on any atom is 0.202 e. The lowest BCUT2D eigenvalue weighted by Gasteiger charge is -1.85. The molecule has 0 atom stereocenters. The number of unbranched alkanes of at least 4 members (excludes halogenated alkanes) is 2. The van der Waals surface area contributed by atoms with Crippen LogP contribution >= 0.6 is 0 Å². The van der Waals surface area contributed by atoms with Crippen LogP contribution in [-0.4, -0.2) is 6.29 Å². The average Bonchev–Trinajstić information content (AvgIpc) is 2.21. The highest BCUT2D eigenvalue weighted by atomic mass is 16.1. The summed E-state index contributed by atoms with van der Waals surface area (Å²) in [6.45, 7) is 2.17. The standard InChI is InChI=1S/C13H19O/c1-2-3-4-5-6-7-8-9-10-11-12-13-14/h4-7,10-11H,2-3,8-9,12H2,1H3/b5-4+,7-6+,11-10+. The van der Waals surface area contributed by atoms with Gasteiger partial charge in [-0.2, -0.15) is 0 Å². The van der Waals surface area contributed by atoms with Gasteiger partial charge in [-0.1, -0.05) is 49.8 Å². The van der Waals surface area contributed by atoms with Gasteiger partial charge >= 0.3 is 0 Å². The van der Waals surface area contributed by atoms with Crippen LogP contribution in [0.2, 0.25) is 0 Å². The number of rotatable bonds is 8. The molecule has 0 aliphatic heterocycles. The summed E-state index contributed by atoms with van der Waals surface area (Å²) in [6.07, 6.45) is 19.0. The first kappa shape index (κ1) is 12.9. The lowest BCUT2D eigenvalue weighted by Crippen LogP contribution is -1.67. The Balaban J connectivity index is 3.30. The minimum absolute atomic E-state index is 0.417. The van der Waals surface area contributed by atoms with E-state index in [0.717, 1.165) is 19.3 Å². The maximum absolute atomic E-state index is 9.84. The first-order valence-corrected chi connectivity index (χ1v) is 5.23. The molecule has 1 nitrogen and oxygen atoms in total. The highest BCUT2D eigenvalue weighted by molar-refractivity contribution is 5.52. The van der Waals surface area contributed by atoms with E-state index in [2.05, 4.69) is 31.2 Å². The fourth-order valence-corrected chi connectivity index (χ4v) is 0.958. The van der Waals surface area contributed by atoms with Crippen LogP contribution in [-0.2, 0) is 4.79 Å². The van der Waals surface area contributed by atoms with E-state index in [9.17, 15) is 4.79 Å². The van der Waals surface area contributed by atoms with Crippen molar-refractivity contribution >= 4 is 6.29 Å². The maximum atomic E-state index is 9.84. The van der Waals surface area contributed by atoms with Gasteiger partial charge in [-0.15, -0.1) is 0 Å². The van der Waals surface area contributed by atoms with Gasteiger partial charge in [-0.05, 0) is 19.3 Å². The fourth-order valence-electron chi connectivity index (χ4n) is 0.958. The molecule has 0 N–H and O–H groups in total. The third-order valence-corrected chi connectivity index (χ3v) is 1.71. The molecule has 0 rings (SSSR count). The zero-order valence-corrected chi connectivity index (χ0v) is 8.91. The SMILES string of the molecule is CCC/C=C/C=C/CC/C=C/C[C]=O. The lowest BCUT2D eigenvalue weighted by atomic mass is 10.2. The van der Waals surface area contributed by atoms with E-state index in [1.807, 2.05) is 18.4 Å². The summed E-state index contributed by atoms with van der Waals surface area (Å²) < 4.78 is 0. The molecule has 1 heteroatoms. The smallest absolute Gasteiger partial charge is 0.202 e. The molecule has 0 saturated carbocycles. The first-order chi connectivity index (χ1) is 6.91. The molecule has 0 aromatic carbocycles. The Bertz CT molecular complexity index is 199. The Morgan fingerprint density at radius 3 is 2.21 bits per heavy atom. The minimum Gasteiger partial charge on any atom is -0.291 e. The van der Waals surface area contributed by atoms with Gasteiger partial charge in [0, 0.05) is 6.42 Å². The topological polar surface area (TPSA) is 17.1 Å². The van der Waals surface area contributed by atoms with Crippen molar-refractivity contribution in [1.82, 2.24) is 0 Å². The zero-order chi connectivity index (χ0) is 10.5. The average molecular weight is 191 g/mol. The molecule has 0 saturated heterocycles. The molecule has 0 aliphatic carbocycles. The van der Waals surface area contributed by atoms with E-state index in [4.69, 9.17) is 0 Å². The monoisotopic (exact) mass is 191 g/mol. The van der Waals surface area contributed by atoms with Crippen molar-refractivity contribution in [2.75, 3.05) is 0 Å². The van der Waals surface area contributed by atoms with Crippen molar-refractivity contribution in [2.45, 2.75) is 39.0 Å². The van der Waals surface area contributed by atoms with Crippen LogP contribution in [0.3, 0.4) is 0 Å². The quantitative estimate of drug-likeness (QED) is 0.324. The van der Waals surface area contributed by atoms with E-state index >= 15 is 0 Å². The summed E-state index contributed by atoms with van der Waals surface area (Å²) in [5.41, 5.74) is 0. The second-order valence-corrected chi connectivity index (χ2v) is 3.04. The second-order valence-electron chi connectivity index (χ2n) is 3.04. The molecule has 0 spiro atoms. The summed E-state index contributed by atoms with van der Waals surface area (Å²) in [7, 11) is 0. The van der Waals surface area contributed by atoms with Gasteiger partial charge in [-0.3, -0.25) is 4.79 Å². The molecule has 1 radical (unpaired) electrons. The molecule has 0 heterocycles. The van der Waals surface area contributed by atoms with E-state index in [1.165, 1.54) is 6.42 Å². The summed E-state index contributed by atoms with van der Waals surface area (Å²) >= 11 is 0. The molecule has 14 heavy (non-hydrogen) atoms. The molecule has 0 unspecified atom stereocenters. The molecule has 0 amide bonds. The zero-order valence-electron chi connectivity index (χ0n) is 8.91. The van der Waals surface area contributed by atoms with Gasteiger partial charge in [0.05, 0.1) is 0 Å². The lowest BCUT2D eigenvalue weighted by molar-refractivity contribution is 0.556. The van der Waals surface area contributed by atoms with E-state index in [1.54, 1.807) is 0 Å². The Hall–Kier alpha value is -1.11. The molecule has 0 fully saturated rings. The van der Waals surface area contributed by atoms with Gasteiger partial charge in [0.2, 0.25) is 6.29 Å². The Kier molecular flexibility index (Phi) is 10.9. The van der Waals surface area contributed by atoms with Crippen LogP contribution < -0.4 is 0 Å². The molecule has 77 valence electrons. The summed E-state index contributed by atoms with van der Waals surface area (Å²) in [6, 6.07) is 0. The predicted molar refractivity (Wildman–Crippen MR) is 61.9 cm³/mol. The normalized spacial score (nSPS) is 12.1. The van der Waals surface area contributed by atoms with Crippen LogP contribution in [0.1, 0.15) is 39.0 Å². The van der Waals surface area contributed by atoms with Crippen molar-refractivity contribution in [3.05, 3.63) is 36.5 Å². The minimum atomic E-state index is 0.417. The van der Waals surface area contributed by atoms with Crippen molar-refractivity contribution in [3.63, 3.8) is 0 Å². The van der Waals surface area contributed by atoms with Crippen LogP contribution in [0, 0.1) is 0 Å². The molecule has 0 bridgehead atoms. The number of hydrogen-bond acceptors (Lipinski definition) is 1. The molecular weight excluding hydrogens is 172 g/mol. The van der Waals surface area contributed by atoms with Crippen molar-refractivity contribution in [1.29, 1.82) is 0 Å². The van der Waals surface area contributed by atoms with Gasteiger partial charge < -0.3 is 0 Å². The van der Waals surface area contributed by atoms with Gasteiger partial charge in [0.15, 0.2) is 0 Å². The number of allylic oxidation sites excluding steroid dienone is 6. The van der Waals surface area contributed by atoms with E-state index in [-0.39, 0.29) is 0 Å². The molecular formula is C13H19O. The number of carbonyl (C=O) groups excluding carboxylic acids is 1. The Labute approximate surface area is 87.2 Å². The van der Waals surface area contributed by atoms with Gasteiger partial charge in [0.1, 0.15) is 0 Å². The van der Waals surface area contributed by atoms with Crippen molar-refractivity contribution < 1.29 is 4.79 Å². The van der Waals surface area contributed by atoms with Gasteiger partial charge in [-0.25, -0.2) is 0 Å². The predicted octanol–water partition coefficient (Wildman–Crippen LogP) is 3.74. The fraction of sp³-hybridized carbons (Fsp3) is 0.462. The van der Waals surface area contributed by atoms with Crippen LogP contribution in [0.15, 0.2) is 36.5 Å². The highest BCUT2D eigenvalue weighted by Gasteiger charge is 1.76. The third kappa shape index (κ3) is 10.9. The Morgan fingerprint density at radius 2 is 1.57 bits per heavy atom. The highest BCUT2D eigenvalue weighted by Crippen LogP contribution is 1.95. The number of hydrogen-bond donors (Lipinski definition) is 0. The van der Waals surface area contributed by atoms with Crippen LogP contribution in [0.4, 0.5) is 0 Å². The molecule has 0 aromatic heterocycles. The molecule has 0 aliphatic rings. The van der Waals surface area contributed by atoms with Crippen molar-refractivity contribution in [2.24, 2.45) is 0 Å². The van der Waals surface area contributed by atoms with Crippen LogP contribution in [0.25, 0.3) is 0 Å². The summed E-state index contributed by atoms with van der Waals surface area (Å²) in [5.74, 6) is 0. The Morgan fingerprint density at radius 1 is 0.929 bits per heavy atom. The largest absolute Gasteiger partial charge is 0.291 e. The second kappa shape index (κ2) is 11.9. The van der Waals surface area contributed by atoms with Crippen molar-refractivity contribution in [3.8, 4) is 0 Å². The third-order valence-electron chi connectivity index (χ3n) is 1.71. The summed E-state index contributed by atoms with van der Waals surface area (Å²) in [4.78, 5) is 9.84. The van der Waals surface area contributed by atoms with E-state index < -0.39 is 0 Å². The van der Waals surface area contributed by atoms with Gasteiger partial charge in [0.25, 0.3) is 0 Å². The van der Waals surface area contributed by atoms with Crippen LogP contribution in [0.5, 0.6) is 0 Å². The van der Waals surface area contributed by atoms with E-state index in [0.29, 0.717) is 6.42 Å².